The van der Waals surface area contributed by atoms with Crippen LogP contribution in [-0.4, -0.2) is 26.8 Å². The van der Waals surface area contributed by atoms with E-state index in [4.69, 9.17) is 0 Å². The summed E-state index contributed by atoms with van der Waals surface area (Å²) in [5.74, 6) is -0.464. The molecule has 15 heavy (non-hydrogen) atoms. The van der Waals surface area contributed by atoms with Gasteiger partial charge in [-0.05, 0) is 6.92 Å². The molecule has 2 rings (SSSR count). The molecule has 2 heterocycles. The van der Waals surface area contributed by atoms with Crippen LogP contribution in [0.4, 0.5) is 0 Å². The van der Waals surface area contributed by atoms with E-state index in [1.807, 2.05) is 0 Å². The number of aromatic nitrogens is 2. The number of aliphatic imine (C=N–C) groups is 1. The van der Waals surface area contributed by atoms with Crippen LogP contribution >= 0.6 is 0 Å². The third kappa shape index (κ3) is 1.24. The monoisotopic (exact) mass is 208 g/mol. The lowest BCUT2D eigenvalue weighted by atomic mass is 10.1. The molecule has 1 aliphatic rings. The molecule has 0 saturated heterocycles. The Balaban J connectivity index is 2.68. The molecule has 1 atom stereocenters. The van der Waals surface area contributed by atoms with Gasteiger partial charge in [0.1, 0.15) is 5.69 Å². The molecule has 0 fully saturated rings. The van der Waals surface area contributed by atoms with Crippen LogP contribution in [0.3, 0.4) is 0 Å². The molecule has 0 N–H and O–H groups in total. The maximum Gasteiger partial charge on any atom is 0.290 e. The first kappa shape index (κ1) is 9.50. The maximum atomic E-state index is 11.4. The predicted octanol–water partition coefficient (Wildman–Crippen LogP) is 0.271. The van der Waals surface area contributed by atoms with Crippen molar-refractivity contribution in [3.05, 3.63) is 27.1 Å². The van der Waals surface area contributed by atoms with Crippen molar-refractivity contribution in [3.63, 3.8) is 0 Å². The fourth-order valence-electron chi connectivity index (χ4n) is 1.71. The quantitative estimate of drug-likeness (QED) is 0.489. The van der Waals surface area contributed by atoms with Gasteiger partial charge in [0, 0.05) is 12.0 Å². The average molecular weight is 208 g/mol. The Morgan fingerprint density at radius 1 is 1.60 bits per heavy atom. The van der Waals surface area contributed by atoms with Crippen molar-refractivity contribution in [2.24, 2.45) is 12.0 Å². The first-order valence-corrected chi connectivity index (χ1v) is 4.28. The molecule has 1 aromatic heterocycles. The molecule has 0 radical (unpaired) electrons. The number of nitrogens with zero attached hydrogens (tertiary/aromatic N) is 4. The number of rotatable bonds is 1. The highest BCUT2D eigenvalue weighted by Gasteiger charge is 2.35. The van der Waals surface area contributed by atoms with E-state index in [0.717, 1.165) is 6.21 Å². The molecule has 0 saturated carbocycles. The van der Waals surface area contributed by atoms with Crippen molar-refractivity contribution in [1.82, 2.24) is 9.78 Å². The molecular weight excluding hydrogens is 200 g/mol. The van der Waals surface area contributed by atoms with E-state index in [-0.39, 0.29) is 5.56 Å². The van der Waals surface area contributed by atoms with E-state index in [2.05, 4.69) is 10.1 Å². The van der Waals surface area contributed by atoms with Gasteiger partial charge in [0.2, 0.25) is 0 Å². The largest absolute Gasteiger partial charge is 0.290 e. The van der Waals surface area contributed by atoms with Crippen molar-refractivity contribution in [2.75, 3.05) is 0 Å². The van der Waals surface area contributed by atoms with Crippen molar-refractivity contribution < 1.29 is 9.72 Å². The van der Waals surface area contributed by atoms with Crippen molar-refractivity contribution in [1.29, 1.82) is 0 Å². The number of carbonyl (C=O) groups excluding carboxylic acids is 1. The van der Waals surface area contributed by atoms with E-state index < -0.39 is 16.9 Å². The zero-order valence-electron chi connectivity index (χ0n) is 8.17. The summed E-state index contributed by atoms with van der Waals surface area (Å²) in [5.41, 5.74) is 1.03. The van der Waals surface area contributed by atoms with Gasteiger partial charge in [0.05, 0.1) is 17.5 Å². The second-order valence-electron chi connectivity index (χ2n) is 3.28. The summed E-state index contributed by atoms with van der Waals surface area (Å²) in [7, 11) is 1.58. The first-order valence-electron chi connectivity index (χ1n) is 4.28. The molecule has 0 bridgehead atoms. The highest BCUT2D eigenvalue weighted by atomic mass is 16.6. The topological polar surface area (TPSA) is 90.4 Å². The van der Waals surface area contributed by atoms with Gasteiger partial charge in [0.25, 0.3) is 11.9 Å². The summed E-state index contributed by atoms with van der Waals surface area (Å²) >= 11 is 0. The number of hydrogen-bond acceptors (Lipinski definition) is 4. The van der Waals surface area contributed by atoms with Crippen molar-refractivity contribution >= 4 is 12.1 Å². The smallest absolute Gasteiger partial charge is 0.267 e. The van der Waals surface area contributed by atoms with Gasteiger partial charge < -0.3 is 0 Å². The van der Waals surface area contributed by atoms with Crippen LogP contribution in [0, 0.1) is 17.0 Å². The second kappa shape index (κ2) is 2.97. The Morgan fingerprint density at radius 2 is 2.27 bits per heavy atom. The summed E-state index contributed by atoms with van der Waals surface area (Å²) < 4.78 is 1.36. The molecule has 1 aliphatic heterocycles. The van der Waals surface area contributed by atoms with Gasteiger partial charge in [-0.3, -0.25) is 19.6 Å². The molecule has 7 heteroatoms. The van der Waals surface area contributed by atoms with Crippen LogP contribution in [0.1, 0.15) is 27.8 Å². The zero-order chi connectivity index (χ0) is 11.2. The SMILES string of the molecule is Cc1nn(C)c2c1C(=O)N=CC2[N+](=O)[O-]. The number of carbonyl (C=O) groups is 1. The van der Waals surface area contributed by atoms with Crippen LogP contribution in [0.5, 0.6) is 0 Å². The number of nitro groups is 1. The normalized spacial score (nSPS) is 19.1. The molecule has 1 amide bonds. The molecule has 0 spiro atoms. The summed E-state index contributed by atoms with van der Waals surface area (Å²) in [6.07, 6.45) is 1.05. The highest BCUT2D eigenvalue weighted by Crippen LogP contribution is 2.25. The molecule has 1 unspecified atom stereocenters. The average Bonchev–Trinajstić information content (AvgIpc) is 2.43. The Labute approximate surface area is 84.6 Å². The maximum absolute atomic E-state index is 11.4. The minimum absolute atomic E-state index is 0.252. The predicted molar refractivity (Wildman–Crippen MR) is 50.5 cm³/mol. The first-order chi connectivity index (χ1) is 7.02. The minimum Gasteiger partial charge on any atom is -0.267 e. The standard InChI is InChI=1S/C8H8N4O3/c1-4-6-7(11(2)10-4)5(12(14)15)3-9-8(6)13/h3,5H,1-2H3. The number of amides is 1. The fourth-order valence-corrected chi connectivity index (χ4v) is 1.71. The van der Waals surface area contributed by atoms with Gasteiger partial charge in [-0.2, -0.15) is 5.10 Å². The Hall–Kier alpha value is -2.05. The third-order valence-corrected chi connectivity index (χ3v) is 2.32. The second-order valence-corrected chi connectivity index (χ2v) is 3.28. The van der Waals surface area contributed by atoms with Crippen LogP contribution in [-0.2, 0) is 7.05 Å². The van der Waals surface area contributed by atoms with Crippen LogP contribution in [0.25, 0.3) is 0 Å². The minimum atomic E-state index is -1.08. The van der Waals surface area contributed by atoms with Crippen LogP contribution in [0.15, 0.2) is 4.99 Å². The molecule has 1 aromatic rings. The molecular formula is C8H8N4O3. The van der Waals surface area contributed by atoms with Crippen molar-refractivity contribution in [3.8, 4) is 0 Å². The molecule has 0 aromatic carbocycles. The Kier molecular flexibility index (Phi) is 1.88. The van der Waals surface area contributed by atoms with Crippen LogP contribution in [0.2, 0.25) is 0 Å². The third-order valence-electron chi connectivity index (χ3n) is 2.32. The van der Waals surface area contributed by atoms with Gasteiger partial charge >= 0.3 is 0 Å². The Bertz CT molecular complexity index is 488. The fraction of sp³-hybridized carbons (Fsp3) is 0.375. The summed E-state index contributed by atoms with van der Waals surface area (Å²) in [5, 5.41) is 14.7. The molecule has 78 valence electrons. The summed E-state index contributed by atoms with van der Waals surface area (Å²) in [6.45, 7) is 1.63. The lowest BCUT2D eigenvalue weighted by Crippen LogP contribution is -2.22. The highest BCUT2D eigenvalue weighted by molar-refractivity contribution is 6.04. The molecule has 0 aliphatic carbocycles. The van der Waals surface area contributed by atoms with Gasteiger partial charge in [-0.1, -0.05) is 0 Å². The Morgan fingerprint density at radius 3 is 2.87 bits per heavy atom. The zero-order valence-corrected chi connectivity index (χ0v) is 8.17. The molecule has 7 nitrogen and oxygen atoms in total. The van der Waals surface area contributed by atoms with Crippen molar-refractivity contribution in [2.45, 2.75) is 13.0 Å². The number of aryl methyl sites for hydroxylation is 2. The van der Waals surface area contributed by atoms with E-state index in [9.17, 15) is 14.9 Å². The van der Waals surface area contributed by atoms with E-state index in [0.29, 0.717) is 11.4 Å². The summed E-state index contributed by atoms with van der Waals surface area (Å²) in [6, 6.07) is -1.08. The van der Waals surface area contributed by atoms with Gasteiger partial charge in [-0.15, -0.1) is 0 Å². The number of fused-ring (bicyclic) bond motifs is 1. The lowest BCUT2D eigenvalue weighted by molar-refractivity contribution is -0.508. The van der Waals surface area contributed by atoms with Crippen LogP contribution < -0.4 is 0 Å². The number of hydrogen-bond donors (Lipinski definition) is 0. The van der Waals surface area contributed by atoms with Gasteiger partial charge in [0.15, 0.2) is 0 Å². The summed E-state index contributed by atoms with van der Waals surface area (Å²) in [4.78, 5) is 25.2. The van der Waals surface area contributed by atoms with E-state index >= 15 is 0 Å². The lowest BCUT2D eigenvalue weighted by Gasteiger charge is -2.10. The van der Waals surface area contributed by atoms with E-state index in [1.54, 1.807) is 14.0 Å². The van der Waals surface area contributed by atoms with E-state index in [1.165, 1.54) is 4.68 Å². The van der Waals surface area contributed by atoms with Gasteiger partial charge in [-0.25, -0.2) is 4.99 Å².